The monoisotopic (exact) mass is 305 g/mol. The molecule has 0 spiro atoms. The van der Waals surface area contributed by atoms with Gasteiger partial charge in [0.25, 0.3) is 0 Å². The third kappa shape index (κ3) is 6.10. The molecule has 0 heterocycles. The van der Waals surface area contributed by atoms with Crippen LogP contribution in [0.2, 0.25) is 0 Å². The van der Waals surface area contributed by atoms with Gasteiger partial charge in [-0.05, 0) is 32.0 Å². The van der Waals surface area contributed by atoms with Gasteiger partial charge >= 0.3 is 12.9 Å². The van der Waals surface area contributed by atoms with Crippen molar-refractivity contribution in [1.82, 2.24) is 5.32 Å². The number of hydrogen-bond donors (Lipinski definition) is 1. The second kappa shape index (κ2) is 7.53. The van der Waals surface area contributed by atoms with E-state index in [0.717, 1.165) is 6.42 Å². The van der Waals surface area contributed by atoms with Crippen LogP contribution in [-0.4, -0.2) is 18.6 Å². The highest BCUT2D eigenvalue weighted by Gasteiger charge is 2.30. The Hall–Kier alpha value is -1.03. The van der Waals surface area contributed by atoms with Crippen LogP contribution in [0.4, 0.5) is 0 Å². The molecule has 0 bridgehead atoms. The quantitative estimate of drug-likeness (QED) is 0.783. The lowest BCUT2D eigenvalue weighted by Gasteiger charge is -2.16. The van der Waals surface area contributed by atoms with E-state index in [1.54, 1.807) is 37.3 Å². The number of para-hydroxylation sites is 1. The van der Waals surface area contributed by atoms with Crippen LogP contribution >= 0.6 is 18.2 Å². The second-order valence-electron chi connectivity index (χ2n) is 3.92. The first-order chi connectivity index (χ1) is 8.94. The molecular formula is C12H17ClNO4P. The summed E-state index contributed by atoms with van der Waals surface area (Å²) in [5.41, 5.74) is 0. The highest BCUT2D eigenvalue weighted by molar-refractivity contribution is 7.82. The average molecular weight is 306 g/mol. The van der Waals surface area contributed by atoms with Crippen LogP contribution in [0.25, 0.3) is 0 Å². The molecule has 19 heavy (non-hydrogen) atoms. The first-order valence-electron chi connectivity index (χ1n) is 5.96. The molecule has 5 nitrogen and oxygen atoms in total. The van der Waals surface area contributed by atoms with Crippen molar-refractivity contribution in [3.8, 4) is 5.75 Å². The Labute approximate surface area is 117 Å². The summed E-state index contributed by atoms with van der Waals surface area (Å²) in [6.07, 6.45) is 0.872. The van der Waals surface area contributed by atoms with Gasteiger partial charge in [-0.1, -0.05) is 25.1 Å². The minimum absolute atomic E-state index is 0.280. The molecule has 0 aliphatic carbocycles. The Kier molecular flexibility index (Phi) is 6.35. The van der Waals surface area contributed by atoms with Gasteiger partial charge in [0.05, 0.1) is 0 Å². The zero-order chi connectivity index (χ0) is 14.3. The topological polar surface area (TPSA) is 64.6 Å². The Bertz CT molecular complexity index is 454. The number of nitrogens with one attached hydrogen (secondary N) is 1. The minimum Gasteiger partial charge on any atom is -0.405 e. The van der Waals surface area contributed by atoms with Gasteiger partial charge in [-0.3, -0.25) is 0 Å². The molecule has 1 aromatic carbocycles. The van der Waals surface area contributed by atoms with E-state index >= 15 is 0 Å². The maximum absolute atomic E-state index is 11.8. The van der Waals surface area contributed by atoms with Gasteiger partial charge in [0, 0.05) is 11.2 Å². The van der Waals surface area contributed by atoms with Crippen LogP contribution in [-0.2, 0) is 13.9 Å². The van der Waals surface area contributed by atoms with Crippen molar-refractivity contribution in [2.24, 2.45) is 0 Å². The molecule has 0 fully saturated rings. The predicted octanol–water partition coefficient (Wildman–Crippen LogP) is 3.34. The van der Waals surface area contributed by atoms with E-state index in [4.69, 9.17) is 20.3 Å². The normalized spacial score (nSPS) is 15.3. The number of halogens is 1. The second-order valence-corrected chi connectivity index (χ2v) is 6.39. The number of rotatable bonds is 7. The van der Waals surface area contributed by atoms with Crippen molar-refractivity contribution >= 4 is 24.2 Å². The Morgan fingerprint density at radius 2 is 2.05 bits per heavy atom. The first kappa shape index (κ1) is 16.0. The fraction of sp³-hybridized carbons (Fsp3) is 0.417. The van der Waals surface area contributed by atoms with Crippen molar-refractivity contribution in [3.63, 3.8) is 0 Å². The molecule has 0 aliphatic heterocycles. The SMILES string of the molecule is CCCN[C@@H](C)C(=O)OP(=O)(Cl)Oc1ccccc1. The smallest absolute Gasteiger partial charge is 0.405 e. The van der Waals surface area contributed by atoms with E-state index in [-0.39, 0.29) is 5.75 Å². The van der Waals surface area contributed by atoms with Crippen LogP contribution in [0.5, 0.6) is 5.75 Å². The molecule has 0 aliphatic rings. The maximum atomic E-state index is 11.8. The molecule has 106 valence electrons. The van der Waals surface area contributed by atoms with Crippen molar-refractivity contribution in [2.45, 2.75) is 26.3 Å². The molecule has 0 amide bonds. The van der Waals surface area contributed by atoms with E-state index in [1.165, 1.54) is 0 Å². The summed E-state index contributed by atoms with van der Waals surface area (Å²) in [4.78, 5) is 11.6. The van der Waals surface area contributed by atoms with Gasteiger partial charge in [0.15, 0.2) is 0 Å². The van der Waals surface area contributed by atoms with Gasteiger partial charge in [-0.25, -0.2) is 9.36 Å². The Morgan fingerprint density at radius 1 is 1.42 bits per heavy atom. The lowest BCUT2D eigenvalue weighted by molar-refractivity contribution is -0.136. The number of carbonyl (C=O) groups is 1. The molecule has 0 radical (unpaired) electrons. The summed E-state index contributed by atoms with van der Waals surface area (Å²) in [7, 11) is 0. The van der Waals surface area contributed by atoms with E-state index in [0.29, 0.717) is 6.54 Å². The van der Waals surface area contributed by atoms with E-state index in [2.05, 4.69) is 5.32 Å². The largest absolute Gasteiger partial charge is 0.532 e. The molecule has 7 heteroatoms. The average Bonchev–Trinajstić information content (AvgIpc) is 2.35. The zero-order valence-electron chi connectivity index (χ0n) is 10.8. The lowest BCUT2D eigenvalue weighted by atomic mass is 10.3. The third-order valence-corrected chi connectivity index (χ3v) is 3.45. The summed E-state index contributed by atoms with van der Waals surface area (Å²) in [5.74, 6) is -0.425. The molecule has 1 N–H and O–H groups in total. The highest BCUT2D eigenvalue weighted by Crippen LogP contribution is 2.53. The van der Waals surface area contributed by atoms with Crippen LogP contribution in [0, 0.1) is 0 Å². The molecule has 2 atom stereocenters. The first-order valence-corrected chi connectivity index (χ1v) is 8.40. The number of hydrogen-bond acceptors (Lipinski definition) is 5. The molecule has 0 saturated carbocycles. The molecule has 0 aromatic heterocycles. The third-order valence-electron chi connectivity index (χ3n) is 2.21. The summed E-state index contributed by atoms with van der Waals surface area (Å²) in [6.45, 7) is 0.258. The van der Waals surface area contributed by atoms with Crippen molar-refractivity contribution < 1.29 is 18.4 Å². The summed E-state index contributed by atoms with van der Waals surface area (Å²) >= 11 is 5.61. The van der Waals surface area contributed by atoms with Crippen molar-refractivity contribution in [1.29, 1.82) is 0 Å². The van der Waals surface area contributed by atoms with Crippen LogP contribution in [0.1, 0.15) is 20.3 Å². The van der Waals surface area contributed by atoms with Crippen molar-refractivity contribution in [2.75, 3.05) is 6.54 Å². The summed E-state index contributed by atoms with van der Waals surface area (Å²) in [5, 5.41) is 2.91. The van der Waals surface area contributed by atoms with Crippen LogP contribution in [0.3, 0.4) is 0 Å². The fourth-order valence-electron chi connectivity index (χ4n) is 1.26. The fourth-order valence-corrected chi connectivity index (χ4v) is 2.48. The standard InChI is InChI=1S/C12H17ClNO4P/c1-3-9-14-10(2)12(15)18-19(13,16)17-11-7-5-4-6-8-11/h4-8,10,14H,3,9H2,1-2H3/t10-,19?/m0/s1. The maximum Gasteiger partial charge on any atom is 0.532 e. The number of carbonyl (C=O) groups excluding carboxylic acids is 1. The Morgan fingerprint density at radius 3 is 2.63 bits per heavy atom. The molecule has 1 unspecified atom stereocenters. The summed E-state index contributed by atoms with van der Waals surface area (Å²) < 4.78 is 21.5. The minimum atomic E-state index is -3.97. The molecule has 0 saturated heterocycles. The van der Waals surface area contributed by atoms with Gasteiger partial charge in [-0.15, -0.1) is 0 Å². The van der Waals surface area contributed by atoms with E-state index in [9.17, 15) is 9.36 Å². The lowest BCUT2D eigenvalue weighted by Crippen LogP contribution is -2.35. The van der Waals surface area contributed by atoms with Crippen molar-refractivity contribution in [3.05, 3.63) is 30.3 Å². The molecule has 1 rings (SSSR count). The zero-order valence-corrected chi connectivity index (χ0v) is 12.5. The van der Waals surface area contributed by atoms with Gasteiger partial charge in [0.2, 0.25) is 0 Å². The van der Waals surface area contributed by atoms with Gasteiger partial charge in [0.1, 0.15) is 11.8 Å². The van der Waals surface area contributed by atoms with Gasteiger partial charge in [-0.2, -0.15) is 0 Å². The van der Waals surface area contributed by atoms with E-state index < -0.39 is 19.0 Å². The van der Waals surface area contributed by atoms with Gasteiger partial charge < -0.3 is 14.4 Å². The molecular weight excluding hydrogens is 289 g/mol. The number of benzene rings is 1. The van der Waals surface area contributed by atoms with Crippen LogP contribution in [0.15, 0.2) is 30.3 Å². The molecule has 1 aromatic rings. The van der Waals surface area contributed by atoms with E-state index in [1.807, 2.05) is 6.92 Å². The summed E-state index contributed by atoms with van der Waals surface area (Å²) in [6, 6.07) is 7.71. The van der Waals surface area contributed by atoms with Crippen LogP contribution < -0.4 is 9.84 Å². The Balaban J connectivity index is 2.54. The highest BCUT2D eigenvalue weighted by atomic mass is 35.7. The predicted molar refractivity (Wildman–Crippen MR) is 74.4 cm³/mol.